The van der Waals surface area contributed by atoms with Gasteiger partial charge in [-0.2, -0.15) is 0 Å². The molecular formula is C87H118FN9O34. The van der Waals surface area contributed by atoms with Crippen molar-refractivity contribution in [2.45, 2.75) is 171 Å². The molecule has 2 aromatic heterocycles. The minimum atomic E-state index is -2.13. The topological polar surface area (TPSA) is 548 Å². The molecule has 43 nitrogen and oxygen atoms in total. The maximum atomic E-state index is 15.7. The van der Waals surface area contributed by atoms with Crippen LogP contribution in [0.15, 0.2) is 47.3 Å². The van der Waals surface area contributed by atoms with Crippen molar-refractivity contribution >= 4 is 70.3 Å². The standard InChI is InChI=1S/C87H118FN9O34/c1-4-87(113)57-43-64-74-55(46-97(64)82(108)56(57)48-128-85(87)111)73-59(10-9-54-51(2)58(88)44-61(94-74)72(54)73)95-86(112)129-47-52-8-11-65(130-84-77(106)75(104)76(105)80(131-84)83(109)110)53(42-52)45-90-66(98)14-17-89-81(107)60(91-68(100)15-18-96-70(102)12-13-71(96)103)6-5-7-67(99)92-62-49-126-79-63(50-127-78(62)79)93-69(101)16-19-115-22-23-117-26-27-119-30-31-121-34-35-123-38-39-125-41-40-124-37-36-122-33-32-120-29-28-118-25-24-116-21-20-114-3/h8,11-13,42-44,59-60,62-63,75-80,84,104-106,113H,4-7,9-10,14-41,45-50H2,1-3H3,(H,89,107)(H,90,98)(H,91,100)(H,92,99)(H,93,101)(H,95,112)(H,109,110)/t59-,60-,62-,63-,75?,76?,77?,78+,79+,80?,84?,87-/m0/s1. The lowest BCUT2D eigenvalue weighted by Crippen LogP contribution is -2.61. The van der Waals surface area contributed by atoms with E-state index in [9.17, 15) is 78.3 Å². The SMILES string of the molecule is CC[C@@]1(O)C(=O)OCc2c1cc1n(c2=O)Cc2c-1nc1cc(F)c(C)c3c1c2[C@@H](NC(=O)OCc1ccc(OC2OC(C(=O)O)C(O)C(O)C2O)c(CNC(=O)CCNC(=O)[C@H](CCCC(=O)N[C@H]2CO[C@H]4[C@@H]2OC[C@@H]4NC(=O)CCOCCOCCOCCOCCOCCOCCOCCOCCOCCOCCOCCOC)NC(=O)CCN2C(=O)C=CC2=O)c1)CC3. The molecule has 2 aromatic carbocycles. The number of aliphatic hydroxyl groups excluding tert-OH is 3. The lowest BCUT2D eigenvalue weighted by molar-refractivity contribution is -0.271. The Morgan fingerprint density at radius 3 is 1.75 bits per heavy atom. The second-order valence-corrected chi connectivity index (χ2v) is 31.6. The van der Waals surface area contributed by atoms with Crippen LogP contribution in [0.3, 0.4) is 0 Å². The minimum absolute atomic E-state index is 0.0293. The lowest BCUT2D eigenvalue weighted by Gasteiger charge is -2.38. The molecule has 0 radical (unpaired) electrons. The quantitative estimate of drug-likeness (QED) is 0.0124. The third-order valence-corrected chi connectivity index (χ3v) is 22.7. The molecule has 0 bridgehead atoms. The number of amides is 8. The number of hydrogen-bond donors (Lipinski definition) is 11. The highest BCUT2D eigenvalue weighted by molar-refractivity contribution is 6.13. The van der Waals surface area contributed by atoms with Gasteiger partial charge in [-0.15, -0.1) is 0 Å². The summed E-state index contributed by atoms with van der Waals surface area (Å²) in [4.78, 5) is 151. The van der Waals surface area contributed by atoms with Gasteiger partial charge >= 0.3 is 18.0 Å². The monoisotopic (exact) mass is 1850 g/mol. The summed E-state index contributed by atoms with van der Waals surface area (Å²) in [5, 5.41) is 70.6. The normalized spacial score (nSPS) is 21.8. The average Bonchev–Trinajstić information content (AvgIpc) is 1.56. The first-order chi connectivity index (χ1) is 63.4. The third kappa shape index (κ3) is 28.4. The van der Waals surface area contributed by atoms with E-state index in [1.54, 1.807) is 21.0 Å². The second kappa shape index (κ2) is 51.5. The van der Waals surface area contributed by atoms with Gasteiger partial charge in [0.05, 0.1) is 212 Å². The molecule has 11 N–H and O–H groups in total. The number of halogens is 1. The van der Waals surface area contributed by atoms with E-state index in [2.05, 4.69) is 31.9 Å². The number of ether oxygens (including phenoxy) is 18. The number of carboxylic acids is 1. The van der Waals surface area contributed by atoms with Crippen molar-refractivity contribution in [3.63, 3.8) is 0 Å². The molecule has 0 saturated carbocycles. The number of esters is 1. The number of aryl methyl sites for hydroxylation is 1. The maximum absolute atomic E-state index is 15.7. The Balaban J connectivity index is 0.579. The van der Waals surface area contributed by atoms with Crippen molar-refractivity contribution in [1.82, 2.24) is 46.4 Å². The summed E-state index contributed by atoms with van der Waals surface area (Å²) in [6.07, 6.45) is -10.7. The van der Waals surface area contributed by atoms with Gasteiger partial charge < -0.3 is 147 Å². The molecule has 722 valence electrons. The van der Waals surface area contributed by atoms with Crippen LogP contribution in [0.5, 0.6) is 5.75 Å². The van der Waals surface area contributed by atoms with Gasteiger partial charge in [0.25, 0.3) is 17.4 Å². The molecule has 4 aromatic rings. The zero-order chi connectivity index (χ0) is 93.4. The average molecular weight is 1850 g/mol. The molecule has 5 unspecified atom stereocenters. The number of pyridine rings is 2. The number of cyclic esters (lactones) is 1. The number of nitrogens with zero attached hydrogens (tertiary/aromatic N) is 3. The Morgan fingerprint density at radius 2 is 1.19 bits per heavy atom. The van der Waals surface area contributed by atoms with Crippen LogP contribution in [0.25, 0.3) is 22.3 Å². The molecule has 44 heteroatoms. The molecule has 6 aliphatic heterocycles. The number of benzene rings is 2. The predicted octanol–water partition coefficient (Wildman–Crippen LogP) is -1.21. The van der Waals surface area contributed by atoms with Gasteiger partial charge in [0.1, 0.15) is 61.3 Å². The summed E-state index contributed by atoms with van der Waals surface area (Å²) in [5.41, 5.74) is 0.706. The van der Waals surface area contributed by atoms with Crippen molar-refractivity contribution < 1.29 is 163 Å². The molecule has 0 spiro atoms. The number of aliphatic hydroxyl groups is 4. The fraction of sp³-hybridized carbons (Fsp3) is 0.632. The summed E-state index contributed by atoms with van der Waals surface area (Å²) < 4.78 is 117. The molecule has 3 saturated heterocycles. The van der Waals surface area contributed by atoms with Gasteiger partial charge in [-0.25, -0.2) is 23.8 Å². The highest BCUT2D eigenvalue weighted by atomic mass is 19.1. The van der Waals surface area contributed by atoms with Crippen molar-refractivity contribution in [2.75, 3.05) is 185 Å². The number of aromatic nitrogens is 2. The maximum Gasteiger partial charge on any atom is 0.407 e. The molecule has 8 amide bonds. The zero-order valence-corrected chi connectivity index (χ0v) is 73.5. The van der Waals surface area contributed by atoms with Crippen molar-refractivity contribution in [1.29, 1.82) is 0 Å². The van der Waals surface area contributed by atoms with Crippen molar-refractivity contribution in [3.8, 4) is 17.1 Å². The molecule has 3 fully saturated rings. The number of carboxylic acid groups (broad SMARTS) is 1. The first kappa shape index (κ1) is 102. The second-order valence-electron chi connectivity index (χ2n) is 31.6. The van der Waals surface area contributed by atoms with Crippen LogP contribution in [0.1, 0.15) is 109 Å². The van der Waals surface area contributed by atoms with Crippen LogP contribution in [0.4, 0.5) is 9.18 Å². The van der Waals surface area contributed by atoms with Crippen molar-refractivity contribution in [2.24, 2.45) is 0 Å². The third-order valence-electron chi connectivity index (χ3n) is 22.7. The van der Waals surface area contributed by atoms with E-state index in [0.717, 1.165) is 17.1 Å². The summed E-state index contributed by atoms with van der Waals surface area (Å²) >= 11 is 0. The number of rotatable bonds is 59. The molecule has 7 aliphatic rings. The van der Waals surface area contributed by atoms with Crippen LogP contribution in [0, 0.1) is 12.7 Å². The van der Waals surface area contributed by atoms with Crippen LogP contribution in [-0.4, -0.2) is 346 Å². The number of methoxy groups -OCH3 is 1. The molecule has 11 rings (SSSR count). The highest BCUT2D eigenvalue weighted by Gasteiger charge is 2.51. The number of alkyl carbamates (subject to hydrolysis) is 1. The van der Waals surface area contributed by atoms with E-state index in [-0.39, 0.29) is 149 Å². The number of hydrogen-bond acceptors (Lipinski definition) is 34. The summed E-state index contributed by atoms with van der Waals surface area (Å²) in [6, 6.07) is 3.72. The summed E-state index contributed by atoms with van der Waals surface area (Å²) in [6.45, 7) is 11.0. The first-order valence-electron chi connectivity index (χ1n) is 43.9. The predicted molar refractivity (Wildman–Crippen MR) is 450 cm³/mol. The van der Waals surface area contributed by atoms with Gasteiger partial charge in [-0.05, 0) is 79.5 Å². The van der Waals surface area contributed by atoms with Crippen molar-refractivity contribution in [3.05, 3.63) is 103 Å². The van der Waals surface area contributed by atoms with Gasteiger partial charge in [-0.1, -0.05) is 13.0 Å². The highest BCUT2D eigenvalue weighted by Crippen LogP contribution is 2.46. The van der Waals surface area contributed by atoms with Crippen LogP contribution in [0.2, 0.25) is 0 Å². The number of imide groups is 1. The summed E-state index contributed by atoms with van der Waals surface area (Å²) in [7, 11) is 1.63. The Bertz CT molecular complexity index is 4640. The molecular weight excluding hydrogens is 1730 g/mol. The van der Waals surface area contributed by atoms with Gasteiger partial charge in [0, 0.05) is 92.7 Å². The van der Waals surface area contributed by atoms with E-state index in [4.69, 9.17) is 90.2 Å². The number of carbonyl (C=O) groups excluding carboxylic acids is 9. The Morgan fingerprint density at radius 1 is 0.634 bits per heavy atom. The number of nitrogens with one attached hydrogen (secondary N) is 6. The van der Waals surface area contributed by atoms with E-state index < -0.39 is 164 Å². The minimum Gasteiger partial charge on any atom is -0.479 e. The van der Waals surface area contributed by atoms with E-state index in [1.165, 1.54) is 34.9 Å². The fourth-order valence-electron chi connectivity index (χ4n) is 15.8. The smallest absolute Gasteiger partial charge is 0.407 e. The Hall–Kier alpha value is -9.79. The molecule has 12 atom stereocenters. The van der Waals surface area contributed by atoms with Crippen LogP contribution < -0.4 is 42.2 Å². The van der Waals surface area contributed by atoms with Gasteiger partial charge in [0.15, 0.2) is 11.7 Å². The van der Waals surface area contributed by atoms with Gasteiger partial charge in [-0.3, -0.25) is 43.3 Å². The Kier molecular flexibility index (Phi) is 40.0. The van der Waals surface area contributed by atoms with E-state index in [0.29, 0.717) is 166 Å². The largest absolute Gasteiger partial charge is 0.479 e. The van der Waals surface area contributed by atoms with Crippen LogP contribution >= 0.6 is 0 Å². The molecule has 1 aliphatic carbocycles. The summed E-state index contributed by atoms with van der Waals surface area (Å²) in [5.74, 6) is -7.50. The first-order valence-corrected chi connectivity index (χ1v) is 43.9. The van der Waals surface area contributed by atoms with E-state index >= 15 is 4.39 Å². The Labute approximate surface area is 753 Å². The molecule has 8 heterocycles. The van der Waals surface area contributed by atoms with E-state index in [1.807, 2.05) is 0 Å². The van der Waals surface area contributed by atoms with Crippen LogP contribution in [-0.2, 0) is 162 Å². The number of fused-ring (bicyclic) bond motifs is 6. The zero-order valence-electron chi connectivity index (χ0n) is 73.5. The number of carbonyl (C=O) groups is 10. The lowest BCUT2D eigenvalue weighted by atomic mass is 9.81. The molecule has 131 heavy (non-hydrogen) atoms. The fourth-order valence-corrected chi connectivity index (χ4v) is 15.8. The van der Waals surface area contributed by atoms with Gasteiger partial charge in [0.2, 0.25) is 35.8 Å². The number of aliphatic carboxylic acids is 1.